The van der Waals surface area contributed by atoms with Crippen LogP contribution in [-0.4, -0.2) is 12.1 Å². The number of hydrogen-bond acceptors (Lipinski definition) is 3. The molecule has 0 amide bonds. The van der Waals surface area contributed by atoms with Gasteiger partial charge in [-0.2, -0.15) is 5.26 Å². The van der Waals surface area contributed by atoms with Gasteiger partial charge in [0, 0.05) is 6.04 Å². The molecule has 2 rings (SSSR count). The molecule has 1 N–H and O–H groups in total. The van der Waals surface area contributed by atoms with Crippen molar-refractivity contribution in [2.24, 2.45) is 0 Å². The van der Waals surface area contributed by atoms with Crippen LogP contribution in [0.3, 0.4) is 0 Å². The lowest BCUT2D eigenvalue weighted by Crippen LogP contribution is -2.27. The van der Waals surface area contributed by atoms with E-state index in [-0.39, 0.29) is 0 Å². The first-order valence-corrected chi connectivity index (χ1v) is 5.71. The maximum Gasteiger partial charge on any atom is 0.181 e. The van der Waals surface area contributed by atoms with Gasteiger partial charge in [-0.1, -0.05) is 12.1 Å². The van der Waals surface area contributed by atoms with E-state index in [2.05, 4.69) is 11.4 Å². The van der Waals surface area contributed by atoms with Gasteiger partial charge in [-0.15, -0.1) is 0 Å². The molecule has 3 nitrogen and oxygen atoms in total. The summed E-state index contributed by atoms with van der Waals surface area (Å²) in [6, 6.07) is 10.4. The summed E-state index contributed by atoms with van der Waals surface area (Å²) < 4.78 is 5.54. The maximum atomic E-state index is 8.73. The Hall–Kier alpha value is -1.69. The highest BCUT2D eigenvalue weighted by molar-refractivity contribution is 5.57. The zero-order valence-corrected chi connectivity index (χ0v) is 9.44. The van der Waals surface area contributed by atoms with Crippen molar-refractivity contribution in [3.63, 3.8) is 0 Å². The molecule has 1 aliphatic carbocycles. The van der Waals surface area contributed by atoms with E-state index in [0.29, 0.717) is 6.04 Å². The van der Waals surface area contributed by atoms with Crippen molar-refractivity contribution in [1.82, 2.24) is 0 Å². The highest BCUT2D eigenvalue weighted by Gasteiger charge is 2.18. The van der Waals surface area contributed by atoms with E-state index in [4.69, 9.17) is 10.00 Å². The molecule has 1 aromatic rings. The number of nitriles is 1. The van der Waals surface area contributed by atoms with Crippen LogP contribution in [-0.2, 0) is 0 Å². The minimum atomic E-state index is -0.413. The fourth-order valence-corrected chi connectivity index (χ4v) is 1.68. The fraction of sp³-hybridized carbons (Fsp3) is 0.462. The molecule has 16 heavy (non-hydrogen) atoms. The monoisotopic (exact) mass is 216 g/mol. The highest BCUT2D eigenvalue weighted by Crippen LogP contribution is 2.29. The minimum Gasteiger partial charge on any atom is -0.474 e. The molecule has 1 aliphatic rings. The van der Waals surface area contributed by atoms with Crippen molar-refractivity contribution in [2.45, 2.75) is 38.3 Å². The lowest BCUT2D eigenvalue weighted by molar-refractivity contribution is 0.277. The van der Waals surface area contributed by atoms with Crippen LogP contribution in [0, 0.1) is 11.3 Å². The van der Waals surface area contributed by atoms with Gasteiger partial charge in [0.05, 0.1) is 5.69 Å². The summed E-state index contributed by atoms with van der Waals surface area (Å²) in [5.74, 6) is 0.767. The van der Waals surface area contributed by atoms with E-state index in [1.165, 1.54) is 19.3 Å². The molecule has 0 aliphatic heterocycles. The fourth-order valence-electron chi connectivity index (χ4n) is 1.68. The number of anilines is 1. The van der Waals surface area contributed by atoms with Gasteiger partial charge in [0.1, 0.15) is 11.8 Å². The zero-order chi connectivity index (χ0) is 11.4. The number of hydrogen-bond donors (Lipinski definition) is 1. The summed E-state index contributed by atoms with van der Waals surface area (Å²) in [6.07, 6.45) is 3.34. The SMILES string of the molecule is CC(C#N)Oc1ccccc1NC1CCC1. The second-order valence-electron chi connectivity index (χ2n) is 4.16. The molecule has 0 spiro atoms. The van der Waals surface area contributed by atoms with Gasteiger partial charge in [-0.05, 0) is 38.3 Å². The standard InChI is InChI=1S/C13H16N2O/c1-10(9-14)16-13-8-3-2-7-12(13)15-11-5-4-6-11/h2-3,7-8,10-11,15H,4-6H2,1H3. The third kappa shape index (κ3) is 2.46. The molecule has 0 heterocycles. The third-order valence-corrected chi connectivity index (χ3v) is 2.84. The van der Waals surface area contributed by atoms with Gasteiger partial charge in [0.25, 0.3) is 0 Å². The average molecular weight is 216 g/mol. The van der Waals surface area contributed by atoms with Crippen LogP contribution in [0.1, 0.15) is 26.2 Å². The van der Waals surface area contributed by atoms with Crippen molar-refractivity contribution in [1.29, 1.82) is 5.26 Å². The Labute approximate surface area is 96.0 Å². The molecule has 1 atom stereocenters. The number of rotatable bonds is 4. The Balaban J connectivity index is 2.07. The van der Waals surface area contributed by atoms with Crippen molar-refractivity contribution in [3.05, 3.63) is 24.3 Å². The van der Waals surface area contributed by atoms with Gasteiger partial charge in [0.2, 0.25) is 0 Å². The van der Waals surface area contributed by atoms with E-state index < -0.39 is 6.10 Å². The molecule has 1 saturated carbocycles. The first-order chi connectivity index (χ1) is 7.79. The average Bonchev–Trinajstić information content (AvgIpc) is 2.25. The van der Waals surface area contributed by atoms with E-state index in [9.17, 15) is 0 Å². The van der Waals surface area contributed by atoms with Crippen molar-refractivity contribution >= 4 is 5.69 Å². The second kappa shape index (κ2) is 4.89. The minimum absolute atomic E-state index is 0.413. The Morgan fingerprint density at radius 3 is 2.81 bits per heavy atom. The molecule has 1 aromatic carbocycles. The van der Waals surface area contributed by atoms with Crippen LogP contribution >= 0.6 is 0 Å². The summed E-state index contributed by atoms with van der Waals surface area (Å²) >= 11 is 0. The van der Waals surface area contributed by atoms with Gasteiger partial charge in [-0.3, -0.25) is 0 Å². The van der Waals surface area contributed by atoms with Gasteiger partial charge in [0.15, 0.2) is 6.10 Å². The number of nitrogens with zero attached hydrogens (tertiary/aromatic N) is 1. The summed E-state index contributed by atoms with van der Waals surface area (Å²) in [4.78, 5) is 0. The molecule has 1 fully saturated rings. The number of nitrogens with one attached hydrogen (secondary N) is 1. The van der Waals surface area contributed by atoms with Crippen LogP contribution in [0.4, 0.5) is 5.69 Å². The lowest BCUT2D eigenvalue weighted by atomic mass is 9.93. The van der Waals surface area contributed by atoms with Crippen LogP contribution in [0.2, 0.25) is 0 Å². The first kappa shape index (κ1) is 10.8. The maximum absolute atomic E-state index is 8.73. The van der Waals surface area contributed by atoms with E-state index in [1.54, 1.807) is 6.92 Å². The Morgan fingerprint density at radius 2 is 2.19 bits per heavy atom. The van der Waals surface area contributed by atoms with Crippen molar-refractivity contribution in [2.75, 3.05) is 5.32 Å². The summed E-state index contributed by atoms with van der Waals surface area (Å²) in [5.41, 5.74) is 0.995. The zero-order valence-electron chi connectivity index (χ0n) is 9.44. The first-order valence-electron chi connectivity index (χ1n) is 5.71. The van der Waals surface area contributed by atoms with Crippen LogP contribution < -0.4 is 10.1 Å². The molecule has 0 radical (unpaired) electrons. The van der Waals surface area contributed by atoms with Gasteiger partial charge >= 0.3 is 0 Å². The van der Waals surface area contributed by atoms with Gasteiger partial charge in [-0.25, -0.2) is 0 Å². The quantitative estimate of drug-likeness (QED) is 0.841. The smallest absolute Gasteiger partial charge is 0.181 e. The molecule has 0 bridgehead atoms. The summed E-state index contributed by atoms with van der Waals surface area (Å²) in [7, 11) is 0. The van der Waals surface area contributed by atoms with Crippen LogP contribution in [0.5, 0.6) is 5.75 Å². The summed E-state index contributed by atoms with van der Waals surface area (Å²) in [5, 5.41) is 12.2. The Bertz CT molecular complexity index is 393. The third-order valence-electron chi connectivity index (χ3n) is 2.84. The van der Waals surface area contributed by atoms with Crippen LogP contribution in [0.15, 0.2) is 24.3 Å². The van der Waals surface area contributed by atoms with Crippen molar-refractivity contribution in [3.8, 4) is 11.8 Å². The molecular weight excluding hydrogens is 200 g/mol. The number of benzene rings is 1. The van der Waals surface area contributed by atoms with Crippen LogP contribution in [0.25, 0.3) is 0 Å². The molecule has 1 unspecified atom stereocenters. The van der Waals surface area contributed by atoms with E-state index >= 15 is 0 Å². The van der Waals surface area contributed by atoms with E-state index in [1.807, 2.05) is 24.3 Å². The number of para-hydroxylation sites is 2. The highest BCUT2D eigenvalue weighted by atomic mass is 16.5. The van der Waals surface area contributed by atoms with Crippen molar-refractivity contribution < 1.29 is 4.74 Å². The molecule has 0 aromatic heterocycles. The van der Waals surface area contributed by atoms with E-state index in [0.717, 1.165) is 11.4 Å². The molecule has 84 valence electrons. The Kier molecular flexibility index (Phi) is 3.31. The predicted octanol–water partition coefficient (Wildman–Crippen LogP) is 2.94. The topological polar surface area (TPSA) is 45.0 Å². The molecular formula is C13H16N2O. The number of ether oxygens (including phenoxy) is 1. The molecule has 0 saturated heterocycles. The lowest BCUT2D eigenvalue weighted by Gasteiger charge is -2.28. The predicted molar refractivity (Wildman–Crippen MR) is 63.4 cm³/mol. The summed E-state index contributed by atoms with van der Waals surface area (Å²) in [6.45, 7) is 1.75. The Morgan fingerprint density at radius 1 is 1.44 bits per heavy atom. The molecule has 3 heteroatoms. The second-order valence-corrected chi connectivity index (χ2v) is 4.16. The normalized spacial score (nSPS) is 17.0. The van der Waals surface area contributed by atoms with Gasteiger partial charge < -0.3 is 10.1 Å². The largest absolute Gasteiger partial charge is 0.474 e.